The Morgan fingerprint density at radius 1 is 1.48 bits per heavy atom. The molecule has 1 aromatic heterocycles. The maximum absolute atomic E-state index is 12.2. The summed E-state index contributed by atoms with van der Waals surface area (Å²) >= 11 is 0. The number of hydrogen-bond acceptors (Lipinski definition) is 3. The first-order valence-corrected chi connectivity index (χ1v) is 7.39. The molecule has 0 bridgehead atoms. The van der Waals surface area contributed by atoms with Gasteiger partial charge in [0.15, 0.2) is 0 Å². The SMILES string of the molecule is CNC(C)CNC(=O)c1cc(C2CC2)n(C(C)(C)C)n1.Cl. The van der Waals surface area contributed by atoms with E-state index in [1.165, 1.54) is 18.5 Å². The molecule has 1 aliphatic carbocycles. The average molecular weight is 315 g/mol. The highest BCUT2D eigenvalue weighted by Crippen LogP contribution is 2.41. The van der Waals surface area contributed by atoms with Crippen LogP contribution >= 0.6 is 12.4 Å². The Morgan fingerprint density at radius 3 is 2.57 bits per heavy atom. The zero-order valence-corrected chi connectivity index (χ0v) is 14.4. The van der Waals surface area contributed by atoms with Crippen molar-refractivity contribution in [1.29, 1.82) is 0 Å². The molecule has 1 heterocycles. The summed E-state index contributed by atoms with van der Waals surface area (Å²) in [7, 11) is 1.89. The van der Waals surface area contributed by atoms with Crippen molar-refractivity contribution in [1.82, 2.24) is 20.4 Å². The van der Waals surface area contributed by atoms with E-state index >= 15 is 0 Å². The van der Waals surface area contributed by atoms with E-state index in [4.69, 9.17) is 0 Å². The van der Waals surface area contributed by atoms with Crippen LogP contribution < -0.4 is 10.6 Å². The number of hydrogen-bond donors (Lipinski definition) is 2. The van der Waals surface area contributed by atoms with Crippen LogP contribution in [-0.4, -0.2) is 35.3 Å². The summed E-state index contributed by atoms with van der Waals surface area (Å²) in [5.74, 6) is 0.497. The van der Waals surface area contributed by atoms with E-state index in [0.29, 0.717) is 18.2 Å². The summed E-state index contributed by atoms with van der Waals surface area (Å²) in [5, 5.41) is 10.6. The Balaban J connectivity index is 0.00000220. The Kier molecular flexibility index (Phi) is 5.82. The third kappa shape index (κ3) is 4.45. The van der Waals surface area contributed by atoms with Gasteiger partial charge in [0.05, 0.1) is 5.54 Å². The molecule has 1 atom stereocenters. The largest absolute Gasteiger partial charge is 0.349 e. The normalized spacial score (nSPS) is 16.2. The highest BCUT2D eigenvalue weighted by Gasteiger charge is 2.32. The topological polar surface area (TPSA) is 58.9 Å². The molecule has 0 radical (unpaired) electrons. The molecule has 2 N–H and O–H groups in total. The highest BCUT2D eigenvalue weighted by molar-refractivity contribution is 5.92. The highest BCUT2D eigenvalue weighted by atomic mass is 35.5. The molecule has 1 saturated carbocycles. The van der Waals surface area contributed by atoms with Gasteiger partial charge in [0.1, 0.15) is 5.69 Å². The number of nitrogens with zero attached hydrogens (tertiary/aromatic N) is 2. The number of aromatic nitrogens is 2. The second-order valence-corrected chi connectivity index (χ2v) is 6.71. The van der Waals surface area contributed by atoms with Crippen molar-refractivity contribution in [3.05, 3.63) is 17.5 Å². The van der Waals surface area contributed by atoms with Crippen LogP contribution in [0.3, 0.4) is 0 Å². The molecule has 0 aromatic carbocycles. The maximum atomic E-state index is 12.2. The third-order valence-corrected chi connectivity index (χ3v) is 3.66. The van der Waals surface area contributed by atoms with Gasteiger partial charge in [0.25, 0.3) is 5.91 Å². The third-order valence-electron chi connectivity index (χ3n) is 3.66. The van der Waals surface area contributed by atoms with Crippen LogP contribution in [0.4, 0.5) is 0 Å². The van der Waals surface area contributed by atoms with Gasteiger partial charge in [-0.1, -0.05) is 0 Å². The Hall–Kier alpha value is -1.07. The molecule has 0 spiro atoms. The summed E-state index contributed by atoms with van der Waals surface area (Å²) in [6, 6.07) is 2.22. The summed E-state index contributed by atoms with van der Waals surface area (Å²) < 4.78 is 2.01. The molecule has 2 rings (SSSR count). The van der Waals surface area contributed by atoms with Crippen LogP contribution in [0.2, 0.25) is 0 Å². The van der Waals surface area contributed by atoms with Gasteiger partial charge >= 0.3 is 0 Å². The lowest BCUT2D eigenvalue weighted by Gasteiger charge is -2.22. The predicted molar refractivity (Wildman–Crippen MR) is 87.3 cm³/mol. The Morgan fingerprint density at radius 2 is 2.10 bits per heavy atom. The first-order valence-electron chi connectivity index (χ1n) is 7.39. The zero-order valence-electron chi connectivity index (χ0n) is 13.6. The smallest absolute Gasteiger partial charge is 0.271 e. The predicted octanol–water partition coefficient (Wildman–Crippen LogP) is 2.27. The van der Waals surface area contributed by atoms with Crippen LogP contribution in [0.5, 0.6) is 0 Å². The Labute approximate surface area is 133 Å². The van der Waals surface area contributed by atoms with E-state index in [1.807, 2.05) is 24.7 Å². The van der Waals surface area contributed by atoms with E-state index in [2.05, 4.69) is 36.5 Å². The molecule has 1 aromatic rings. The van der Waals surface area contributed by atoms with Crippen LogP contribution in [0.1, 0.15) is 62.6 Å². The number of rotatable bonds is 5. The van der Waals surface area contributed by atoms with E-state index < -0.39 is 0 Å². The molecule has 21 heavy (non-hydrogen) atoms. The zero-order chi connectivity index (χ0) is 14.9. The van der Waals surface area contributed by atoms with E-state index in [9.17, 15) is 4.79 Å². The van der Waals surface area contributed by atoms with E-state index in [-0.39, 0.29) is 29.9 Å². The number of carbonyl (C=O) groups is 1. The first kappa shape index (κ1) is 18.0. The monoisotopic (exact) mass is 314 g/mol. The van der Waals surface area contributed by atoms with Crippen LogP contribution in [-0.2, 0) is 5.54 Å². The molecule has 0 aliphatic heterocycles. The molecule has 1 unspecified atom stereocenters. The number of halogens is 1. The fourth-order valence-corrected chi connectivity index (χ4v) is 2.15. The second kappa shape index (κ2) is 6.79. The van der Waals surface area contributed by atoms with Gasteiger partial charge in [0, 0.05) is 24.2 Å². The van der Waals surface area contributed by atoms with Crippen molar-refractivity contribution < 1.29 is 4.79 Å². The van der Waals surface area contributed by atoms with Gasteiger partial charge in [-0.3, -0.25) is 9.48 Å². The second-order valence-electron chi connectivity index (χ2n) is 6.71. The standard InChI is InChI=1S/C15H26N4O.ClH/c1-10(16-5)9-17-14(20)12-8-13(11-6-7-11)19(18-12)15(2,3)4;/h8,10-11,16H,6-7,9H2,1-5H3,(H,17,20);1H. The first-order chi connectivity index (χ1) is 9.32. The lowest BCUT2D eigenvalue weighted by atomic mass is 10.1. The number of amides is 1. The van der Waals surface area contributed by atoms with Gasteiger partial charge in [-0.05, 0) is 53.7 Å². The lowest BCUT2D eigenvalue weighted by molar-refractivity contribution is 0.0944. The van der Waals surface area contributed by atoms with Crippen molar-refractivity contribution in [3.63, 3.8) is 0 Å². The quantitative estimate of drug-likeness (QED) is 0.876. The van der Waals surface area contributed by atoms with E-state index in [0.717, 1.165) is 0 Å². The molecular formula is C15H27ClN4O. The summed E-state index contributed by atoms with van der Waals surface area (Å²) in [4.78, 5) is 12.2. The number of carbonyl (C=O) groups excluding carboxylic acids is 1. The fraction of sp³-hybridized carbons (Fsp3) is 0.733. The van der Waals surface area contributed by atoms with Gasteiger partial charge in [-0.2, -0.15) is 5.10 Å². The molecule has 1 amide bonds. The minimum Gasteiger partial charge on any atom is -0.349 e. The van der Waals surface area contributed by atoms with Crippen molar-refractivity contribution in [3.8, 4) is 0 Å². The Bertz CT molecular complexity index is 488. The molecule has 5 nitrogen and oxygen atoms in total. The summed E-state index contributed by atoms with van der Waals surface area (Å²) in [6.07, 6.45) is 2.42. The molecule has 1 fully saturated rings. The van der Waals surface area contributed by atoms with Crippen LogP contribution in [0, 0.1) is 0 Å². The van der Waals surface area contributed by atoms with Gasteiger partial charge < -0.3 is 10.6 Å². The van der Waals surface area contributed by atoms with Crippen LogP contribution in [0.15, 0.2) is 6.07 Å². The molecule has 120 valence electrons. The van der Waals surface area contributed by atoms with Gasteiger partial charge in [-0.25, -0.2) is 0 Å². The van der Waals surface area contributed by atoms with E-state index in [1.54, 1.807) is 0 Å². The summed E-state index contributed by atoms with van der Waals surface area (Å²) in [5.41, 5.74) is 1.64. The molecule has 0 saturated heterocycles. The summed E-state index contributed by atoms with van der Waals surface area (Å²) in [6.45, 7) is 9.00. The van der Waals surface area contributed by atoms with Gasteiger partial charge in [0.2, 0.25) is 0 Å². The molecule has 6 heteroatoms. The van der Waals surface area contributed by atoms with Crippen molar-refractivity contribution in [2.75, 3.05) is 13.6 Å². The molecule has 1 aliphatic rings. The number of likely N-dealkylation sites (N-methyl/N-ethyl adjacent to an activating group) is 1. The van der Waals surface area contributed by atoms with Crippen molar-refractivity contribution in [2.45, 2.75) is 58.0 Å². The minimum atomic E-state index is -0.0886. The minimum absolute atomic E-state index is 0. The van der Waals surface area contributed by atoms with Crippen molar-refractivity contribution in [2.24, 2.45) is 0 Å². The number of nitrogens with one attached hydrogen (secondary N) is 2. The lowest BCUT2D eigenvalue weighted by Crippen LogP contribution is -2.37. The fourth-order valence-electron chi connectivity index (χ4n) is 2.15. The van der Waals surface area contributed by atoms with Crippen LogP contribution in [0.25, 0.3) is 0 Å². The van der Waals surface area contributed by atoms with Crippen molar-refractivity contribution >= 4 is 18.3 Å². The average Bonchev–Trinajstić information content (AvgIpc) is 3.12. The maximum Gasteiger partial charge on any atom is 0.271 e. The van der Waals surface area contributed by atoms with Gasteiger partial charge in [-0.15, -0.1) is 12.4 Å². The molecular weight excluding hydrogens is 288 g/mol.